The molecule has 1 saturated heterocycles. The van der Waals surface area contributed by atoms with E-state index in [9.17, 15) is 8.77 Å². The van der Waals surface area contributed by atoms with Gasteiger partial charge in [0.25, 0.3) is 0 Å². The first-order valence-electron chi connectivity index (χ1n) is 8.82. The molecule has 1 aliphatic rings. The van der Waals surface area contributed by atoms with E-state index in [1.807, 2.05) is 43.3 Å². The molecule has 146 valence electrons. The van der Waals surface area contributed by atoms with Crippen molar-refractivity contribution in [3.05, 3.63) is 64.7 Å². The lowest BCUT2D eigenvalue weighted by Gasteiger charge is -2.16. The molecule has 0 radical (unpaired) electrons. The number of aryl methyl sites for hydroxylation is 1. The normalized spacial score (nSPS) is 23.2. The van der Waals surface area contributed by atoms with Gasteiger partial charge in [0.2, 0.25) is 0 Å². The van der Waals surface area contributed by atoms with Crippen LogP contribution in [0.2, 0.25) is 5.02 Å². The predicted octanol–water partition coefficient (Wildman–Crippen LogP) is 5.32. The maximum absolute atomic E-state index is 13.4. The molecule has 27 heavy (non-hydrogen) atoms. The minimum atomic E-state index is -3.45. The molecule has 5 nitrogen and oxygen atoms in total. The Hall–Kier alpha value is -1.01. The molecule has 1 unspecified atom stereocenters. The van der Waals surface area contributed by atoms with Gasteiger partial charge in [0.1, 0.15) is 16.8 Å². The highest BCUT2D eigenvalue weighted by Gasteiger charge is 2.64. The van der Waals surface area contributed by atoms with Crippen molar-refractivity contribution in [1.82, 2.24) is 4.31 Å². The topological polar surface area (TPSA) is 55.6 Å². The highest BCUT2D eigenvalue weighted by Crippen LogP contribution is 2.68. The third-order valence-electron chi connectivity index (χ3n) is 4.30. The predicted molar refractivity (Wildman–Crippen MR) is 108 cm³/mol. The smallest absolute Gasteiger partial charge is 0.308 e. The lowest BCUT2D eigenvalue weighted by Crippen LogP contribution is -2.10. The number of nitrogens with zero attached hydrogens (tertiary/aromatic N) is 1. The lowest BCUT2D eigenvalue weighted by atomic mass is 10.2. The first-order chi connectivity index (χ1) is 12.9. The van der Waals surface area contributed by atoms with Crippen molar-refractivity contribution in [2.24, 2.45) is 0 Å². The Bertz CT molecular complexity index is 849. The van der Waals surface area contributed by atoms with Crippen LogP contribution in [-0.4, -0.2) is 27.5 Å². The molecule has 1 fully saturated rings. The number of rotatable bonds is 8. The number of hydrogen-bond acceptors (Lipinski definition) is 4. The molecule has 0 bridgehead atoms. The van der Waals surface area contributed by atoms with Crippen LogP contribution in [0.15, 0.2) is 53.4 Å². The molecule has 2 aromatic rings. The van der Waals surface area contributed by atoms with E-state index in [1.165, 1.54) is 0 Å². The van der Waals surface area contributed by atoms with E-state index < -0.39 is 24.4 Å². The Morgan fingerprint density at radius 3 is 2.11 bits per heavy atom. The van der Waals surface area contributed by atoms with Gasteiger partial charge in [-0.3, -0.25) is 4.57 Å². The maximum Gasteiger partial charge on any atom is 0.350 e. The average Bonchev–Trinajstić information content (AvgIpc) is 3.39. The fourth-order valence-electron chi connectivity index (χ4n) is 3.02. The standard InChI is InChI=1S/C19H23ClNO4PS/c1-4-24-26(22,25-5-2)19-18(15-8-10-16(20)11-9-15)21(19)27(23)17-12-6-14(3)7-13-17/h6-13,18-19H,4-5H2,1-3H3/t18-,19+,21?,27+/m1/s1. The Labute approximate surface area is 167 Å². The van der Waals surface area contributed by atoms with Crippen LogP contribution in [0.3, 0.4) is 0 Å². The van der Waals surface area contributed by atoms with E-state index in [1.54, 1.807) is 30.3 Å². The van der Waals surface area contributed by atoms with Gasteiger partial charge in [0.05, 0.1) is 24.2 Å². The summed E-state index contributed by atoms with van der Waals surface area (Å²) in [6.45, 7) is 6.03. The van der Waals surface area contributed by atoms with Gasteiger partial charge in [-0.15, -0.1) is 0 Å². The molecule has 1 heterocycles. The molecular formula is C19H23ClNO4PS. The molecule has 0 amide bonds. The van der Waals surface area contributed by atoms with Crippen LogP contribution < -0.4 is 0 Å². The van der Waals surface area contributed by atoms with Crippen LogP contribution in [0.5, 0.6) is 0 Å². The van der Waals surface area contributed by atoms with Crippen molar-refractivity contribution in [2.75, 3.05) is 13.2 Å². The van der Waals surface area contributed by atoms with E-state index in [4.69, 9.17) is 20.6 Å². The van der Waals surface area contributed by atoms with Gasteiger partial charge < -0.3 is 9.05 Å². The zero-order valence-electron chi connectivity index (χ0n) is 15.5. The number of hydrogen-bond donors (Lipinski definition) is 0. The third-order valence-corrected chi connectivity index (χ3v) is 8.63. The van der Waals surface area contributed by atoms with Crippen LogP contribution in [-0.2, 0) is 24.6 Å². The second kappa shape index (κ2) is 8.56. The second-order valence-corrected chi connectivity index (χ2v) is 10.2. The highest BCUT2D eigenvalue weighted by molar-refractivity contribution is 7.83. The monoisotopic (exact) mass is 427 g/mol. The van der Waals surface area contributed by atoms with Gasteiger partial charge >= 0.3 is 7.60 Å². The first-order valence-corrected chi connectivity index (χ1v) is 11.9. The van der Waals surface area contributed by atoms with E-state index in [0.717, 1.165) is 11.1 Å². The summed E-state index contributed by atoms with van der Waals surface area (Å²) in [4.78, 5) is 0.654. The Morgan fingerprint density at radius 2 is 1.59 bits per heavy atom. The fourth-order valence-corrected chi connectivity index (χ4v) is 7.26. The Balaban J connectivity index is 1.97. The molecule has 0 saturated carbocycles. The zero-order valence-corrected chi connectivity index (χ0v) is 18.0. The first kappa shape index (κ1) is 20.7. The largest absolute Gasteiger partial charge is 0.350 e. The molecule has 0 aliphatic carbocycles. The minimum Gasteiger partial charge on any atom is -0.308 e. The van der Waals surface area contributed by atoms with Crippen LogP contribution in [0.25, 0.3) is 0 Å². The van der Waals surface area contributed by atoms with Gasteiger partial charge in [-0.1, -0.05) is 41.4 Å². The summed E-state index contributed by atoms with van der Waals surface area (Å²) in [5.74, 6) is -0.597. The minimum absolute atomic E-state index is 0.256. The zero-order chi connectivity index (χ0) is 19.6. The average molecular weight is 428 g/mol. The van der Waals surface area contributed by atoms with Crippen molar-refractivity contribution in [3.8, 4) is 0 Å². The van der Waals surface area contributed by atoms with Crippen LogP contribution in [0, 0.1) is 6.92 Å². The molecular weight excluding hydrogens is 405 g/mol. The third kappa shape index (κ3) is 4.37. The van der Waals surface area contributed by atoms with E-state index in [2.05, 4.69) is 0 Å². The summed E-state index contributed by atoms with van der Waals surface area (Å²) >= 11 is 5.99. The molecule has 0 spiro atoms. The van der Waals surface area contributed by atoms with E-state index >= 15 is 0 Å². The molecule has 0 aromatic heterocycles. The van der Waals surface area contributed by atoms with Crippen LogP contribution in [0.1, 0.15) is 31.0 Å². The van der Waals surface area contributed by atoms with Gasteiger partial charge in [0, 0.05) is 5.02 Å². The van der Waals surface area contributed by atoms with Crippen LogP contribution >= 0.6 is 19.2 Å². The summed E-state index contributed by atoms with van der Waals surface area (Å²) in [5.41, 5.74) is 1.96. The molecule has 4 atom stereocenters. The molecule has 8 heteroatoms. The molecule has 2 aromatic carbocycles. The van der Waals surface area contributed by atoms with Gasteiger partial charge in [-0.2, -0.15) is 4.31 Å². The van der Waals surface area contributed by atoms with E-state index in [-0.39, 0.29) is 19.3 Å². The Morgan fingerprint density at radius 1 is 1.04 bits per heavy atom. The van der Waals surface area contributed by atoms with Crippen molar-refractivity contribution in [1.29, 1.82) is 0 Å². The van der Waals surface area contributed by atoms with Crippen molar-refractivity contribution < 1.29 is 17.8 Å². The number of benzene rings is 2. The lowest BCUT2D eigenvalue weighted by molar-refractivity contribution is 0.216. The summed E-state index contributed by atoms with van der Waals surface area (Å²) in [5, 5.41) is 0.611. The Kier molecular flexibility index (Phi) is 6.57. The second-order valence-electron chi connectivity index (χ2n) is 6.21. The fraction of sp³-hybridized carbons (Fsp3) is 0.368. The SMILES string of the molecule is CCOP(=O)(OCC)[C@H]1[C@@H](c2ccc(Cl)cc2)N1[S@@](=O)c1ccc(C)cc1. The summed E-state index contributed by atoms with van der Waals surface area (Å²) in [7, 11) is -4.94. The highest BCUT2D eigenvalue weighted by atomic mass is 35.5. The van der Waals surface area contributed by atoms with Gasteiger partial charge in [-0.25, -0.2) is 4.21 Å². The van der Waals surface area contributed by atoms with Gasteiger partial charge in [-0.05, 0) is 50.6 Å². The van der Waals surface area contributed by atoms with Crippen LogP contribution in [0.4, 0.5) is 0 Å². The molecule has 3 rings (SSSR count). The van der Waals surface area contributed by atoms with Crippen molar-refractivity contribution >= 4 is 30.2 Å². The summed E-state index contributed by atoms with van der Waals surface area (Å²) < 4.78 is 39.4. The van der Waals surface area contributed by atoms with Crippen molar-refractivity contribution in [3.63, 3.8) is 0 Å². The summed E-state index contributed by atoms with van der Waals surface area (Å²) in [6.07, 6.45) is 0. The molecule has 0 N–H and O–H groups in total. The number of halogens is 1. The quantitative estimate of drug-likeness (QED) is 0.422. The van der Waals surface area contributed by atoms with Crippen molar-refractivity contribution in [2.45, 2.75) is 37.5 Å². The van der Waals surface area contributed by atoms with Gasteiger partial charge in [0.15, 0.2) is 0 Å². The molecule has 1 aliphatic heterocycles. The van der Waals surface area contributed by atoms with E-state index in [0.29, 0.717) is 9.92 Å². The maximum atomic E-state index is 13.4. The summed E-state index contributed by atoms with van der Waals surface area (Å²) in [6, 6.07) is 14.4.